The normalized spacial score (nSPS) is 26.0. The minimum absolute atomic E-state index is 0.272. The van der Waals surface area contributed by atoms with E-state index in [9.17, 15) is 0 Å². The van der Waals surface area contributed by atoms with Crippen molar-refractivity contribution in [3.8, 4) is 0 Å². The van der Waals surface area contributed by atoms with E-state index in [1.807, 2.05) is 0 Å². The zero-order valence-electron chi connectivity index (χ0n) is 12.6. The maximum atomic E-state index is 5.81. The van der Waals surface area contributed by atoms with E-state index in [1.54, 1.807) is 0 Å². The standard InChI is InChI=1S/C14H24N6O/c1-10-2-3-11(8-10)9-16-13-17-12(15)18-14(19-13)20-4-6-21-7-5-20/h10-11H,2-9H2,1H3,(H3,15,16,17,18,19). The Morgan fingerprint density at radius 1 is 1.24 bits per heavy atom. The zero-order chi connectivity index (χ0) is 14.7. The van der Waals surface area contributed by atoms with Crippen molar-refractivity contribution in [2.24, 2.45) is 11.8 Å². The zero-order valence-corrected chi connectivity index (χ0v) is 12.6. The maximum Gasteiger partial charge on any atom is 0.232 e. The first-order valence-corrected chi connectivity index (χ1v) is 7.79. The number of aromatic nitrogens is 3. The van der Waals surface area contributed by atoms with Crippen LogP contribution in [0.3, 0.4) is 0 Å². The molecule has 0 amide bonds. The van der Waals surface area contributed by atoms with E-state index in [2.05, 4.69) is 32.1 Å². The van der Waals surface area contributed by atoms with Gasteiger partial charge in [-0.1, -0.05) is 13.3 Å². The van der Waals surface area contributed by atoms with E-state index in [-0.39, 0.29) is 5.95 Å². The number of hydrogen-bond acceptors (Lipinski definition) is 7. The molecular formula is C14H24N6O. The first kappa shape index (κ1) is 14.3. The molecule has 1 aliphatic heterocycles. The topological polar surface area (TPSA) is 89.2 Å². The fourth-order valence-electron chi connectivity index (χ4n) is 3.11. The first-order valence-electron chi connectivity index (χ1n) is 7.79. The molecule has 21 heavy (non-hydrogen) atoms. The smallest absolute Gasteiger partial charge is 0.232 e. The average Bonchev–Trinajstić information content (AvgIpc) is 2.91. The minimum Gasteiger partial charge on any atom is -0.378 e. The highest BCUT2D eigenvalue weighted by atomic mass is 16.5. The molecule has 1 aromatic heterocycles. The molecule has 3 rings (SSSR count). The van der Waals surface area contributed by atoms with Crippen molar-refractivity contribution < 1.29 is 4.74 Å². The summed E-state index contributed by atoms with van der Waals surface area (Å²) in [4.78, 5) is 15.0. The number of hydrogen-bond donors (Lipinski definition) is 2. The van der Waals surface area contributed by atoms with Gasteiger partial charge in [-0.3, -0.25) is 0 Å². The second-order valence-corrected chi connectivity index (χ2v) is 6.08. The molecule has 1 aliphatic carbocycles. The lowest BCUT2D eigenvalue weighted by Gasteiger charge is -2.26. The Morgan fingerprint density at radius 2 is 2.05 bits per heavy atom. The van der Waals surface area contributed by atoms with Gasteiger partial charge < -0.3 is 20.7 Å². The third-order valence-corrected chi connectivity index (χ3v) is 4.29. The molecule has 0 bridgehead atoms. The summed E-state index contributed by atoms with van der Waals surface area (Å²) in [5.41, 5.74) is 5.81. The molecule has 1 aromatic rings. The van der Waals surface area contributed by atoms with Gasteiger partial charge in [0.25, 0.3) is 0 Å². The van der Waals surface area contributed by atoms with Gasteiger partial charge in [0, 0.05) is 19.6 Å². The van der Waals surface area contributed by atoms with Crippen molar-refractivity contribution >= 4 is 17.8 Å². The Bertz CT molecular complexity index is 477. The largest absolute Gasteiger partial charge is 0.378 e. The van der Waals surface area contributed by atoms with E-state index in [0.29, 0.717) is 31.0 Å². The number of nitrogens with one attached hydrogen (secondary N) is 1. The molecule has 0 aromatic carbocycles. The fourth-order valence-corrected chi connectivity index (χ4v) is 3.11. The van der Waals surface area contributed by atoms with Gasteiger partial charge in [0.15, 0.2) is 0 Å². The van der Waals surface area contributed by atoms with E-state index >= 15 is 0 Å². The lowest BCUT2D eigenvalue weighted by molar-refractivity contribution is 0.122. The molecule has 2 atom stereocenters. The number of ether oxygens (including phenoxy) is 1. The predicted octanol–water partition coefficient (Wildman–Crippen LogP) is 1.14. The Kier molecular flexibility index (Phi) is 4.38. The second kappa shape index (κ2) is 6.43. The van der Waals surface area contributed by atoms with Crippen molar-refractivity contribution in [2.45, 2.75) is 26.2 Å². The van der Waals surface area contributed by atoms with Crippen LogP contribution in [0.5, 0.6) is 0 Å². The molecule has 2 unspecified atom stereocenters. The van der Waals surface area contributed by atoms with E-state index in [0.717, 1.165) is 25.6 Å². The Labute approximate surface area is 125 Å². The molecule has 2 heterocycles. The quantitative estimate of drug-likeness (QED) is 0.860. The van der Waals surface area contributed by atoms with Crippen LogP contribution < -0.4 is 16.0 Å². The van der Waals surface area contributed by atoms with Crippen LogP contribution in [-0.4, -0.2) is 47.8 Å². The summed E-state index contributed by atoms with van der Waals surface area (Å²) in [6.07, 6.45) is 3.89. The van der Waals surface area contributed by atoms with Crippen molar-refractivity contribution in [1.82, 2.24) is 15.0 Å². The van der Waals surface area contributed by atoms with Crippen LogP contribution in [-0.2, 0) is 4.74 Å². The summed E-state index contributed by atoms with van der Waals surface area (Å²) in [5.74, 6) is 3.05. The number of morpholine rings is 1. The van der Waals surface area contributed by atoms with Crippen LogP contribution in [0.25, 0.3) is 0 Å². The molecule has 7 nitrogen and oxygen atoms in total. The number of nitrogen functional groups attached to an aromatic ring is 1. The Morgan fingerprint density at radius 3 is 2.76 bits per heavy atom. The van der Waals surface area contributed by atoms with E-state index in [1.165, 1.54) is 19.3 Å². The average molecular weight is 292 g/mol. The molecule has 0 spiro atoms. The van der Waals surface area contributed by atoms with E-state index < -0.39 is 0 Å². The van der Waals surface area contributed by atoms with Crippen molar-refractivity contribution in [2.75, 3.05) is 48.8 Å². The summed E-state index contributed by atoms with van der Waals surface area (Å²) in [5, 5.41) is 3.33. The molecule has 7 heteroatoms. The molecular weight excluding hydrogens is 268 g/mol. The van der Waals surface area contributed by atoms with Gasteiger partial charge in [0.2, 0.25) is 17.8 Å². The number of nitrogens with two attached hydrogens (primary N) is 1. The summed E-state index contributed by atoms with van der Waals surface area (Å²) in [6, 6.07) is 0. The Hall–Kier alpha value is -1.63. The monoisotopic (exact) mass is 292 g/mol. The SMILES string of the molecule is CC1CCC(CNc2nc(N)nc(N3CCOCC3)n2)C1. The van der Waals surface area contributed by atoms with Gasteiger partial charge in [-0.15, -0.1) is 0 Å². The predicted molar refractivity (Wildman–Crippen MR) is 82.3 cm³/mol. The highest BCUT2D eigenvalue weighted by Crippen LogP contribution is 2.30. The van der Waals surface area contributed by atoms with Gasteiger partial charge >= 0.3 is 0 Å². The summed E-state index contributed by atoms with van der Waals surface area (Å²) in [7, 11) is 0. The molecule has 3 N–H and O–H groups in total. The van der Waals surface area contributed by atoms with Crippen molar-refractivity contribution in [1.29, 1.82) is 0 Å². The number of rotatable bonds is 4. The number of nitrogens with zero attached hydrogens (tertiary/aromatic N) is 4. The fraction of sp³-hybridized carbons (Fsp3) is 0.786. The van der Waals surface area contributed by atoms with Crippen LogP contribution in [0.4, 0.5) is 17.8 Å². The molecule has 2 fully saturated rings. The molecule has 0 radical (unpaired) electrons. The summed E-state index contributed by atoms with van der Waals surface area (Å²) in [6.45, 7) is 6.22. The molecule has 2 aliphatic rings. The minimum atomic E-state index is 0.272. The van der Waals surface area contributed by atoms with Gasteiger partial charge in [0.1, 0.15) is 0 Å². The third kappa shape index (κ3) is 3.72. The summed E-state index contributed by atoms with van der Waals surface area (Å²) < 4.78 is 5.35. The van der Waals surface area contributed by atoms with Gasteiger partial charge in [0.05, 0.1) is 13.2 Å². The molecule has 1 saturated carbocycles. The van der Waals surface area contributed by atoms with E-state index in [4.69, 9.17) is 10.5 Å². The van der Waals surface area contributed by atoms with Crippen molar-refractivity contribution in [3.63, 3.8) is 0 Å². The first-order chi connectivity index (χ1) is 10.2. The molecule has 1 saturated heterocycles. The van der Waals surface area contributed by atoms with Crippen LogP contribution in [0.15, 0.2) is 0 Å². The van der Waals surface area contributed by atoms with Gasteiger partial charge in [-0.2, -0.15) is 15.0 Å². The lowest BCUT2D eigenvalue weighted by Crippen LogP contribution is -2.37. The van der Waals surface area contributed by atoms with Gasteiger partial charge in [-0.25, -0.2) is 0 Å². The highest BCUT2D eigenvalue weighted by molar-refractivity contribution is 5.42. The van der Waals surface area contributed by atoms with Crippen LogP contribution in [0.1, 0.15) is 26.2 Å². The Balaban J connectivity index is 1.63. The maximum absolute atomic E-state index is 5.81. The van der Waals surface area contributed by atoms with Crippen LogP contribution in [0.2, 0.25) is 0 Å². The summed E-state index contributed by atoms with van der Waals surface area (Å²) >= 11 is 0. The van der Waals surface area contributed by atoms with Crippen molar-refractivity contribution in [3.05, 3.63) is 0 Å². The second-order valence-electron chi connectivity index (χ2n) is 6.08. The van der Waals surface area contributed by atoms with Crippen LogP contribution in [0, 0.1) is 11.8 Å². The molecule has 116 valence electrons. The van der Waals surface area contributed by atoms with Crippen LogP contribution >= 0.6 is 0 Å². The van der Waals surface area contributed by atoms with Gasteiger partial charge in [-0.05, 0) is 24.7 Å². The number of anilines is 3. The highest BCUT2D eigenvalue weighted by Gasteiger charge is 2.21. The third-order valence-electron chi connectivity index (χ3n) is 4.29. The lowest BCUT2D eigenvalue weighted by atomic mass is 10.1.